The lowest BCUT2D eigenvalue weighted by atomic mass is 9.85. The minimum Gasteiger partial charge on any atom is -0.495 e. The highest BCUT2D eigenvalue weighted by Gasteiger charge is 2.60. The van der Waals surface area contributed by atoms with Crippen LogP contribution in [0.5, 0.6) is 5.75 Å². The molecule has 7 nitrogen and oxygen atoms in total. The highest BCUT2D eigenvalue weighted by Crippen LogP contribution is 2.54. The number of carbonyl (C=O) groups excluding carboxylic acids is 2. The van der Waals surface area contributed by atoms with Crippen LogP contribution in [0.15, 0.2) is 30.4 Å². The number of anilines is 1. The average molecular weight is 314 g/mol. The van der Waals surface area contributed by atoms with Gasteiger partial charge in [0.15, 0.2) is 0 Å². The molecule has 3 aliphatic rings. The Balaban J connectivity index is 1.80. The number of imide groups is 1. The Kier molecular flexibility index (Phi) is 2.81. The van der Waals surface area contributed by atoms with E-state index in [1.807, 2.05) is 12.2 Å². The van der Waals surface area contributed by atoms with Gasteiger partial charge in [0.2, 0.25) is 11.8 Å². The second-order valence-corrected chi connectivity index (χ2v) is 6.13. The van der Waals surface area contributed by atoms with E-state index in [1.54, 1.807) is 0 Å². The Bertz CT molecular complexity index is 742. The van der Waals surface area contributed by atoms with Crippen molar-refractivity contribution in [2.75, 3.05) is 12.0 Å². The van der Waals surface area contributed by atoms with E-state index in [0.717, 1.165) is 11.3 Å². The van der Waals surface area contributed by atoms with Crippen LogP contribution in [0.1, 0.15) is 6.42 Å². The van der Waals surface area contributed by atoms with Gasteiger partial charge in [0.1, 0.15) is 11.4 Å². The molecule has 2 amide bonds. The van der Waals surface area contributed by atoms with Gasteiger partial charge in [-0.3, -0.25) is 19.7 Å². The summed E-state index contributed by atoms with van der Waals surface area (Å²) in [7, 11) is 1.40. The van der Waals surface area contributed by atoms with E-state index in [2.05, 4.69) is 0 Å². The summed E-state index contributed by atoms with van der Waals surface area (Å²) < 4.78 is 5.20. The van der Waals surface area contributed by atoms with Crippen molar-refractivity contribution in [1.82, 2.24) is 0 Å². The van der Waals surface area contributed by atoms with Crippen molar-refractivity contribution >= 4 is 23.2 Å². The lowest BCUT2D eigenvalue weighted by Crippen LogP contribution is -2.33. The standard InChI is InChI=1S/C16H14N2O5/c1-23-12-5-4-10(18(21)22)7-11(12)17-15(19)13-8-2-3-9(6-8)14(13)16(17)20/h2-5,7-9,13-14H,6H2,1H3/t8-,9-,13-,14+/m1/s1. The fourth-order valence-corrected chi connectivity index (χ4v) is 4.11. The molecule has 2 aliphatic carbocycles. The van der Waals surface area contributed by atoms with E-state index < -0.39 is 4.92 Å². The van der Waals surface area contributed by atoms with Gasteiger partial charge in [0, 0.05) is 12.1 Å². The van der Waals surface area contributed by atoms with E-state index in [9.17, 15) is 19.7 Å². The Morgan fingerprint density at radius 3 is 2.30 bits per heavy atom. The van der Waals surface area contributed by atoms with Crippen LogP contribution >= 0.6 is 0 Å². The highest BCUT2D eigenvalue weighted by atomic mass is 16.6. The van der Waals surface area contributed by atoms with Gasteiger partial charge in [-0.25, -0.2) is 4.90 Å². The maximum atomic E-state index is 12.8. The number of rotatable bonds is 3. The first-order chi connectivity index (χ1) is 11.0. The molecule has 1 saturated carbocycles. The van der Waals surface area contributed by atoms with Crippen LogP contribution < -0.4 is 9.64 Å². The van der Waals surface area contributed by atoms with Crippen LogP contribution in [0, 0.1) is 33.8 Å². The molecule has 0 aromatic heterocycles. The molecule has 1 aromatic carbocycles. The first-order valence-electron chi connectivity index (χ1n) is 7.41. The van der Waals surface area contributed by atoms with Crippen molar-refractivity contribution < 1.29 is 19.2 Å². The molecule has 7 heteroatoms. The predicted octanol–water partition coefficient (Wildman–Crippen LogP) is 1.91. The van der Waals surface area contributed by atoms with Gasteiger partial charge in [-0.2, -0.15) is 0 Å². The lowest BCUT2D eigenvalue weighted by molar-refractivity contribution is -0.384. The summed E-state index contributed by atoms with van der Waals surface area (Å²) in [5.41, 5.74) is -0.0231. The molecule has 0 spiro atoms. The number of fused-ring (bicyclic) bond motifs is 5. The summed E-state index contributed by atoms with van der Waals surface area (Å²) in [6.45, 7) is 0. The molecule has 118 valence electrons. The van der Waals surface area contributed by atoms with E-state index in [0.29, 0.717) is 0 Å². The fraction of sp³-hybridized carbons (Fsp3) is 0.375. The Labute approximate surface area is 131 Å². The zero-order valence-electron chi connectivity index (χ0n) is 12.3. The van der Waals surface area contributed by atoms with Crippen LogP contribution in [0.3, 0.4) is 0 Å². The van der Waals surface area contributed by atoms with Gasteiger partial charge in [-0.15, -0.1) is 0 Å². The minimum atomic E-state index is -0.556. The number of nitrogens with zero attached hydrogens (tertiary/aromatic N) is 2. The molecular weight excluding hydrogens is 300 g/mol. The van der Waals surface area contributed by atoms with Gasteiger partial charge >= 0.3 is 0 Å². The van der Waals surface area contributed by atoms with Crippen LogP contribution in [0.2, 0.25) is 0 Å². The van der Waals surface area contributed by atoms with E-state index in [-0.39, 0.29) is 52.6 Å². The van der Waals surface area contributed by atoms with Gasteiger partial charge < -0.3 is 4.74 Å². The molecule has 1 aromatic rings. The van der Waals surface area contributed by atoms with Crippen molar-refractivity contribution in [3.05, 3.63) is 40.5 Å². The zero-order chi connectivity index (χ0) is 16.3. The molecule has 0 N–H and O–H groups in total. The molecule has 2 fully saturated rings. The largest absolute Gasteiger partial charge is 0.495 e. The van der Waals surface area contributed by atoms with Crippen LogP contribution in [-0.2, 0) is 9.59 Å². The van der Waals surface area contributed by atoms with Gasteiger partial charge in [0.05, 0.1) is 23.9 Å². The summed E-state index contributed by atoms with van der Waals surface area (Å²) in [5.74, 6) is -0.793. The van der Waals surface area contributed by atoms with Crippen LogP contribution in [-0.4, -0.2) is 23.8 Å². The topological polar surface area (TPSA) is 89.8 Å². The maximum Gasteiger partial charge on any atom is 0.271 e. The van der Waals surface area contributed by atoms with Gasteiger partial charge in [-0.1, -0.05) is 12.2 Å². The summed E-state index contributed by atoms with van der Waals surface area (Å²) in [4.78, 5) is 37.1. The summed E-state index contributed by atoms with van der Waals surface area (Å²) in [6, 6.07) is 3.93. The molecule has 1 saturated heterocycles. The minimum absolute atomic E-state index is 0.0937. The third-order valence-electron chi connectivity index (χ3n) is 5.08. The van der Waals surface area contributed by atoms with Crippen molar-refractivity contribution in [3.8, 4) is 5.75 Å². The van der Waals surface area contributed by atoms with Crippen LogP contribution in [0.25, 0.3) is 0 Å². The summed E-state index contributed by atoms with van der Waals surface area (Å²) >= 11 is 0. The first-order valence-corrected chi connectivity index (χ1v) is 7.41. The summed E-state index contributed by atoms with van der Waals surface area (Å²) in [6.07, 6.45) is 4.85. The molecule has 0 radical (unpaired) electrons. The first kappa shape index (κ1) is 13.9. The number of carbonyl (C=O) groups is 2. The second kappa shape index (κ2) is 4.65. The van der Waals surface area contributed by atoms with Crippen molar-refractivity contribution in [2.24, 2.45) is 23.7 Å². The van der Waals surface area contributed by atoms with E-state index in [1.165, 1.54) is 25.3 Å². The number of nitro groups is 1. The number of ether oxygens (including phenoxy) is 1. The van der Waals surface area contributed by atoms with Gasteiger partial charge in [0.25, 0.3) is 5.69 Å². The normalized spacial score (nSPS) is 30.9. The fourth-order valence-electron chi connectivity index (χ4n) is 4.11. The number of allylic oxidation sites excluding steroid dienone is 2. The molecule has 2 bridgehead atoms. The lowest BCUT2D eigenvalue weighted by Gasteiger charge is -2.19. The molecule has 23 heavy (non-hydrogen) atoms. The molecular formula is C16H14N2O5. The predicted molar refractivity (Wildman–Crippen MR) is 79.9 cm³/mol. The van der Waals surface area contributed by atoms with Crippen molar-refractivity contribution in [2.45, 2.75) is 6.42 Å². The smallest absolute Gasteiger partial charge is 0.271 e. The average Bonchev–Trinajstić information content (AvgIpc) is 3.21. The third-order valence-corrected chi connectivity index (χ3v) is 5.08. The molecule has 1 heterocycles. The Morgan fingerprint density at radius 1 is 1.17 bits per heavy atom. The molecule has 4 rings (SSSR count). The monoisotopic (exact) mass is 314 g/mol. The number of benzene rings is 1. The molecule has 0 unspecified atom stereocenters. The Morgan fingerprint density at radius 2 is 1.78 bits per heavy atom. The summed E-state index contributed by atoms with van der Waals surface area (Å²) in [5, 5.41) is 11.0. The molecule has 1 aliphatic heterocycles. The van der Waals surface area contributed by atoms with Crippen molar-refractivity contribution in [3.63, 3.8) is 0 Å². The number of hydrogen-bond donors (Lipinski definition) is 0. The van der Waals surface area contributed by atoms with Gasteiger partial charge in [-0.05, 0) is 24.3 Å². The third kappa shape index (κ3) is 1.76. The quantitative estimate of drug-likeness (QED) is 0.368. The number of non-ortho nitro benzene ring substituents is 1. The van der Waals surface area contributed by atoms with Crippen molar-refractivity contribution in [1.29, 1.82) is 0 Å². The number of hydrogen-bond acceptors (Lipinski definition) is 5. The van der Waals surface area contributed by atoms with Crippen LogP contribution in [0.4, 0.5) is 11.4 Å². The van der Waals surface area contributed by atoms with E-state index >= 15 is 0 Å². The SMILES string of the molecule is COc1ccc([N+](=O)[O-])cc1N1C(=O)[C@@H]2[C@H](C1=O)[C@@H]1C=C[C@@H]2C1. The Hall–Kier alpha value is -2.70. The highest BCUT2D eigenvalue weighted by molar-refractivity contribution is 6.23. The maximum absolute atomic E-state index is 12.8. The second-order valence-electron chi connectivity index (χ2n) is 6.13. The number of methoxy groups -OCH3 is 1. The molecule has 4 atom stereocenters. The number of nitro benzene ring substituents is 1. The number of amides is 2. The van der Waals surface area contributed by atoms with E-state index in [4.69, 9.17) is 4.74 Å². The zero-order valence-corrected chi connectivity index (χ0v) is 12.3.